The first-order chi connectivity index (χ1) is 16.3. The number of hydrogen-bond acceptors (Lipinski definition) is 7. The summed E-state index contributed by atoms with van der Waals surface area (Å²) in [6.07, 6.45) is 2.27. The van der Waals surface area contributed by atoms with Crippen molar-refractivity contribution in [2.75, 3.05) is 7.11 Å². The zero-order valence-electron chi connectivity index (χ0n) is 18.7. The summed E-state index contributed by atoms with van der Waals surface area (Å²) >= 11 is 4.66. The molecular formula is C25H21BrN2O5S. The van der Waals surface area contributed by atoms with Crippen molar-refractivity contribution in [2.45, 2.75) is 26.3 Å². The number of fused-ring (bicyclic) bond motifs is 1. The third-order valence-corrected chi connectivity index (χ3v) is 6.88. The van der Waals surface area contributed by atoms with Crippen molar-refractivity contribution < 1.29 is 19.1 Å². The Labute approximate surface area is 207 Å². The Hall–Kier alpha value is -3.30. The van der Waals surface area contributed by atoms with E-state index in [2.05, 4.69) is 20.9 Å². The van der Waals surface area contributed by atoms with Gasteiger partial charge in [0.05, 0.1) is 33.4 Å². The van der Waals surface area contributed by atoms with E-state index >= 15 is 0 Å². The van der Waals surface area contributed by atoms with E-state index in [0.29, 0.717) is 37.2 Å². The summed E-state index contributed by atoms with van der Waals surface area (Å²) in [4.78, 5) is 42.8. The molecule has 0 bridgehead atoms. The number of benzene rings is 2. The third kappa shape index (κ3) is 4.53. The highest BCUT2D eigenvalue weighted by molar-refractivity contribution is 9.10. The van der Waals surface area contributed by atoms with Gasteiger partial charge in [0, 0.05) is 6.92 Å². The second-order valence-corrected chi connectivity index (χ2v) is 9.35. The Morgan fingerprint density at radius 1 is 1.21 bits per heavy atom. The van der Waals surface area contributed by atoms with Gasteiger partial charge in [0.15, 0.2) is 4.80 Å². The molecule has 0 saturated heterocycles. The maximum Gasteiger partial charge on any atom is 0.338 e. The number of carbonyl (C=O) groups excluding carboxylic acids is 2. The highest BCUT2D eigenvalue weighted by Gasteiger charge is 2.33. The van der Waals surface area contributed by atoms with E-state index < -0.39 is 18.0 Å². The smallest absolute Gasteiger partial charge is 0.338 e. The van der Waals surface area contributed by atoms with E-state index in [0.717, 1.165) is 11.1 Å². The van der Waals surface area contributed by atoms with E-state index in [4.69, 9.17) is 9.47 Å². The molecule has 34 heavy (non-hydrogen) atoms. The number of methoxy groups -OCH3 is 1. The van der Waals surface area contributed by atoms with Crippen molar-refractivity contribution in [3.8, 4) is 5.75 Å². The minimum absolute atomic E-state index is 0.255. The summed E-state index contributed by atoms with van der Waals surface area (Å²) in [5, 5.41) is 0. The number of allylic oxidation sites excluding steroid dienone is 1. The third-order valence-electron chi connectivity index (χ3n) is 5.27. The molecule has 3 aromatic rings. The summed E-state index contributed by atoms with van der Waals surface area (Å²) in [6.45, 7) is 3.25. The van der Waals surface area contributed by atoms with E-state index in [-0.39, 0.29) is 5.56 Å². The number of nitrogens with zero attached hydrogens (tertiary/aromatic N) is 2. The molecule has 1 aliphatic heterocycles. The van der Waals surface area contributed by atoms with Crippen LogP contribution in [0.4, 0.5) is 0 Å². The molecule has 0 radical (unpaired) electrons. The molecule has 0 aliphatic carbocycles. The van der Waals surface area contributed by atoms with Crippen molar-refractivity contribution in [1.29, 1.82) is 0 Å². The molecule has 0 unspecified atom stereocenters. The monoisotopic (exact) mass is 540 g/mol. The molecule has 0 N–H and O–H groups in total. The molecular weight excluding hydrogens is 520 g/mol. The van der Waals surface area contributed by atoms with E-state index in [1.165, 1.54) is 25.4 Å². The number of ether oxygens (including phenoxy) is 2. The zero-order valence-corrected chi connectivity index (χ0v) is 21.1. The highest BCUT2D eigenvalue weighted by Crippen LogP contribution is 2.31. The van der Waals surface area contributed by atoms with Gasteiger partial charge in [-0.3, -0.25) is 14.2 Å². The molecule has 0 amide bonds. The van der Waals surface area contributed by atoms with Crippen molar-refractivity contribution >= 4 is 45.3 Å². The Kier molecular flexibility index (Phi) is 6.95. The average Bonchev–Trinajstić information content (AvgIpc) is 3.14. The molecule has 7 nitrogen and oxygen atoms in total. The summed E-state index contributed by atoms with van der Waals surface area (Å²) in [5.74, 6) is -0.532. The number of carbonyl (C=O) groups is 2. The normalized spacial score (nSPS) is 15.5. The minimum Gasteiger partial charge on any atom is -0.466 e. The van der Waals surface area contributed by atoms with Gasteiger partial charge in [-0.25, -0.2) is 9.79 Å². The lowest BCUT2D eigenvalue weighted by molar-refractivity contribution is -0.136. The number of aromatic nitrogens is 1. The van der Waals surface area contributed by atoms with Crippen LogP contribution in [-0.4, -0.2) is 23.6 Å². The van der Waals surface area contributed by atoms with E-state index in [1.807, 2.05) is 37.3 Å². The lowest BCUT2D eigenvalue weighted by Gasteiger charge is -2.25. The lowest BCUT2D eigenvalue weighted by Crippen LogP contribution is -2.40. The Morgan fingerprint density at radius 2 is 1.94 bits per heavy atom. The van der Waals surface area contributed by atoms with Crippen molar-refractivity contribution in [3.05, 3.63) is 95.1 Å². The quantitative estimate of drug-likeness (QED) is 0.365. The molecule has 4 rings (SSSR count). The van der Waals surface area contributed by atoms with Gasteiger partial charge in [-0.15, -0.1) is 0 Å². The fourth-order valence-corrected chi connectivity index (χ4v) is 5.31. The van der Waals surface area contributed by atoms with Gasteiger partial charge in [-0.2, -0.15) is 0 Å². The van der Waals surface area contributed by atoms with Gasteiger partial charge in [-0.05, 0) is 51.7 Å². The number of esters is 2. The highest BCUT2D eigenvalue weighted by atomic mass is 79.9. The Bertz CT molecular complexity index is 1490. The van der Waals surface area contributed by atoms with Gasteiger partial charge >= 0.3 is 11.9 Å². The molecule has 2 aromatic carbocycles. The number of hydrogen-bond donors (Lipinski definition) is 0. The molecule has 1 aliphatic rings. The number of halogens is 1. The van der Waals surface area contributed by atoms with Crippen LogP contribution >= 0.6 is 27.3 Å². The van der Waals surface area contributed by atoms with Gasteiger partial charge in [0.2, 0.25) is 0 Å². The molecule has 174 valence electrons. The van der Waals surface area contributed by atoms with Crippen molar-refractivity contribution in [2.24, 2.45) is 4.99 Å². The first-order valence-corrected chi connectivity index (χ1v) is 12.1. The van der Waals surface area contributed by atoms with Crippen LogP contribution in [0.15, 0.2) is 74.1 Å². The van der Waals surface area contributed by atoms with Gasteiger partial charge in [0.1, 0.15) is 5.75 Å². The minimum atomic E-state index is -0.639. The van der Waals surface area contributed by atoms with Gasteiger partial charge < -0.3 is 9.47 Å². The summed E-state index contributed by atoms with van der Waals surface area (Å²) < 4.78 is 12.8. The predicted molar refractivity (Wildman–Crippen MR) is 132 cm³/mol. The topological polar surface area (TPSA) is 87.0 Å². The Balaban J connectivity index is 1.91. The molecule has 0 spiro atoms. The fraction of sp³-hybridized carbons (Fsp3) is 0.200. The molecule has 1 aromatic heterocycles. The zero-order chi connectivity index (χ0) is 24.4. The van der Waals surface area contributed by atoms with Crippen LogP contribution < -0.4 is 19.6 Å². The second-order valence-electron chi connectivity index (χ2n) is 7.48. The summed E-state index contributed by atoms with van der Waals surface area (Å²) in [6, 6.07) is 13.9. The van der Waals surface area contributed by atoms with Crippen molar-refractivity contribution in [1.82, 2.24) is 4.57 Å². The second kappa shape index (κ2) is 9.90. The van der Waals surface area contributed by atoms with Crippen LogP contribution in [-0.2, 0) is 14.3 Å². The largest absolute Gasteiger partial charge is 0.466 e. The molecule has 0 saturated carbocycles. The average molecular weight is 541 g/mol. The van der Waals surface area contributed by atoms with Gasteiger partial charge in [0.25, 0.3) is 5.56 Å². The van der Waals surface area contributed by atoms with Crippen molar-refractivity contribution in [3.63, 3.8) is 0 Å². The van der Waals surface area contributed by atoms with Crippen LogP contribution in [0.25, 0.3) is 6.08 Å². The number of thiazole rings is 1. The maximum atomic E-state index is 13.6. The van der Waals surface area contributed by atoms with Crippen LogP contribution in [0.5, 0.6) is 5.75 Å². The first kappa shape index (κ1) is 23.8. The maximum absolute atomic E-state index is 13.6. The van der Waals surface area contributed by atoms with E-state index in [1.54, 1.807) is 28.8 Å². The van der Waals surface area contributed by atoms with Gasteiger partial charge in [-0.1, -0.05) is 54.7 Å². The standard InChI is InChI=1S/C25H21BrN2O5S/c1-4-18-21(24(31)32-3)22(16-8-6-5-7-9-16)28-23(30)20(34-25(28)27-18)13-15-10-11-19(17(26)12-15)33-14(2)29/h5-13,22H,4H2,1-3H3/b20-13+/t22-/m0/s1. The fourth-order valence-electron chi connectivity index (χ4n) is 3.81. The Morgan fingerprint density at radius 3 is 2.56 bits per heavy atom. The van der Waals surface area contributed by atoms with Crippen LogP contribution in [0.3, 0.4) is 0 Å². The van der Waals surface area contributed by atoms with E-state index in [9.17, 15) is 14.4 Å². The predicted octanol–water partition coefficient (Wildman–Crippen LogP) is 3.49. The van der Waals surface area contributed by atoms with Crippen LogP contribution in [0, 0.1) is 0 Å². The molecule has 1 atom stereocenters. The molecule has 2 heterocycles. The first-order valence-electron chi connectivity index (χ1n) is 10.5. The summed E-state index contributed by atoms with van der Waals surface area (Å²) in [7, 11) is 1.33. The number of rotatable bonds is 5. The van der Waals surface area contributed by atoms with Crippen LogP contribution in [0.2, 0.25) is 0 Å². The summed E-state index contributed by atoms with van der Waals surface area (Å²) in [5.41, 5.74) is 2.25. The SMILES string of the molecule is CCC1=C(C(=O)OC)[C@H](c2ccccc2)n2c(s/c(=C/c3ccc(OC(C)=O)c(Br)c3)c2=O)=N1. The van der Waals surface area contributed by atoms with Crippen LogP contribution in [0.1, 0.15) is 37.4 Å². The molecule has 0 fully saturated rings. The molecule has 9 heteroatoms. The lowest BCUT2D eigenvalue weighted by atomic mass is 9.95.